The molecule has 0 aliphatic heterocycles. The molecule has 8 aromatic rings. The SMILES string of the molecule is Cc1cc(C(C)Cc2ccc3c(c2)n(C)c(-c2ccc(C(C)(C)C)cc2C)[n+]3-c2c(C)cccc2C)ccc1-c1n(-c2c(C)cccc2C)c2ccccc2[n+]1C. The number of imidazole rings is 2. The van der Waals surface area contributed by atoms with Gasteiger partial charge >= 0.3 is 0 Å². The number of aryl methyl sites for hydroxylation is 8. The molecule has 0 amide bonds. The van der Waals surface area contributed by atoms with E-state index in [-0.39, 0.29) is 5.41 Å². The Morgan fingerprint density at radius 1 is 0.579 bits per heavy atom. The molecule has 4 nitrogen and oxygen atoms in total. The summed E-state index contributed by atoms with van der Waals surface area (Å²) in [5.41, 5.74) is 21.8. The fourth-order valence-corrected chi connectivity index (χ4v) is 9.32. The van der Waals surface area contributed by atoms with Crippen LogP contribution in [0.25, 0.3) is 56.2 Å². The number of hydrogen-bond donors (Lipinski definition) is 0. The van der Waals surface area contributed by atoms with Gasteiger partial charge in [-0.1, -0.05) is 107 Å². The average Bonchev–Trinajstić information content (AvgIpc) is 3.60. The molecule has 0 spiro atoms. The number of aromatic nitrogens is 4. The highest BCUT2D eigenvalue weighted by Crippen LogP contribution is 2.36. The van der Waals surface area contributed by atoms with E-state index in [4.69, 9.17) is 0 Å². The summed E-state index contributed by atoms with van der Waals surface area (Å²) in [6.07, 6.45) is 0.953. The summed E-state index contributed by atoms with van der Waals surface area (Å²) in [4.78, 5) is 0. The molecule has 57 heavy (non-hydrogen) atoms. The second-order valence-corrected chi connectivity index (χ2v) is 17.7. The Labute approximate surface area is 339 Å². The quantitative estimate of drug-likeness (QED) is 0.144. The van der Waals surface area contributed by atoms with Gasteiger partial charge in [0.25, 0.3) is 11.6 Å². The highest BCUT2D eigenvalue weighted by atomic mass is 15.2. The van der Waals surface area contributed by atoms with E-state index in [0.29, 0.717) is 5.92 Å². The van der Waals surface area contributed by atoms with Crippen LogP contribution in [0.4, 0.5) is 0 Å². The number of benzene rings is 6. The lowest BCUT2D eigenvalue weighted by molar-refractivity contribution is -0.633. The van der Waals surface area contributed by atoms with Crippen molar-refractivity contribution in [1.82, 2.24) is 9.13 Å². The zero-order valence-corrected chi connectivity index (χ0v) is 36.0. The van der Waals surface area contributed by atoms with Gasteiger partial charge in [0.2, 0.25) is 0 Å². The van der Waals surface area contributed by atoms with E-state index in [1.54, 1.807) is 0 Å². The number of nitrogens with zero attached hydrogens (tertiary/aromatic N) is 4. The molecular formula is C53H58N4+2. The zero-order valence-electron chi connectivity index (χ0n) is 36.0. The third-order valence-electron chi connectivity index (χ3n) is 12.4. The Balaban J connectivity index is 1.19. The molecule has 6 aromatic carbocycles. The van der Waals surface area contributed by atoms with E-state index in [9.17, 15) is 0 Å². The molecule has 0 aliphatic carbocycles. The van der Waals surface area contributed by atoms with Gasteiger partial charge in [0.15, 0.2) is 22.1 Å². The minimum atomic E-state index is 0.0908. The van der Waals surface area contributed by atoms with Crippen molar-refractivity contribution in [3.05, 3.63) is 165 Å². The first kappa shape index (κ1) is 38.1. The summed E-state index contributed by atoms with van der Waals surface area (Å²) < 4.78 is 9.76. The van der Waals surface area contributed by atoms with Crippen molar-refractivity contribution < 1.29 is 9.13 Å². The molecule has 1 atom stereocenters. The number of para-hydroxylation sites is 4. The summed E-state index contributed by atoms with van der Waals surface area (Å²) in [5, 5.41) is 0. The fraction of sp³-hybridized carbons (Fsp3) is 0.283. The van der Waals surface area contributed by atoms with Crippen molar-refractivity contribution in [1.29, 1.82) is 0 Å². The van der Waals surface area contributed by atoms with Crippen molar-refractivity contribution in [3.63, 3.8) is 0 Å². The number of fused-ring (bicyclic) bond motifs is 2. The summed E-state index contributed by atoms with van der Waals surface area (Å²) in [6.45, 7) is 22.7. The first-order valence-corrected chi connectivity index (χ1v) is 20.5. The van der Waals surface area contributed by atoms with Gasteiger partial charge in [-0.25, -0.2) is 9.13 Å². The maximum absolute atomic E-state index is 2.51. The molecule has 0 saturated heterocycles. The molecule has 0 aliphatic rings. The standard InChI is InChI=1S/C53H58N4/c1-33-17-15-18-34(2)49(33)56-46-22-14-13-21-45(46)54(11)51(56)43-26-24-41(30-38(43)6)37(5)29-40-23-28-47-48(32-40)55(12)52(57(47)50-35(3)19-16-20-36(50)4)44-27-25-42(31-39(44)7)53(8,9)10/h13-28,30-32,37H,29H2,1-12H3/q+2. The van der Waals surface area contributed by atoms with Crippen LogP contribution in [0.5, 0.6) is 0 Å². The molecule has 0 N–H and O–H groups in total. The maximum Gasteiger partial charge on any atom is 0.295 e. The maximum atomic E-state index is 2.51. The molecule has 0 bridgehead atoms. The van der Waals surface area contributed by atoms with Crippen LogP contribution in [-0.4, -0.2) is 9.13 Å². The van der Waals surface area contributed by atoms with E-state index >= 15 is 0 Å². The molecule has 1 unspecified atom stereocenters. The lowest BCUT2D eigenvalue weighted by Gasteiger charge is -2.20. The van der Waals surface area contributed by atoms with Crippen LogP contribution in [0, 0.1) is 41.5 Å². The van der Waals surface area contributed by atoms with E-state index in [1.165, 1.54) is 106 Å². The van der Waals surface area contributed by atoms with Crippen molar-refractivity contribution >= 4 is 22.1 Å². The van der Waals surface area contributed by atoms with Gasteiger partial charge in [0, 0.05) is 0 Å². The first-order chi connectivity index (χ1) is 27.1. The largest absolute Gasteiger partial charge is 0.295 e. The molecule has 0 fully saturated rings. The Morgan fingerprint density at radius 2 is 1.19 bits per heavy atom. The van der Waals surface area contributed by atoms with Crippen LogP contribution in [0.3, 0.4) is 0 Å². The van der Waals surface area contributed by atoms with Gasteiger partial charge in [0.05, 0.1) is 25.2 Å². The lowest BCUT2D eigenvalue weighted by Crippen LogP contribution is -2.35. The Kier molecular flexibility index (Phi) is 9.59. The summed E-state index contributed by atoms with van der Waals surface area (Å²) in [5.74, 6) is 2.75. The number of hydrogen-bond acceptors (Lipinski definition) is 0. The molecule has 8 rings (SSSR count). The Hall–Kier alpha value is -5.74. The molecule has 0 saturated carbocycles. The average molecular weight is 751 g/mol. The van der Waals surface area contributed by atoms with E-state index in [2.05, 4.69) is 217 Å². The van der Waals surface area contributed by atoms with Crippen molar-refractivity contribution in [2.45, 2.75) is 87.0 Å². The van der Waals surface area contributed by atoms with Crippen molar-refractivity contribution in [2.24, 2.45) is 14.1 Å². The van der Waals surface area contributed by atoms with Crippen LogP contribution in [-0.2, 0) is 25.9 Å². The van der Waals surface area contributed by atoms with Crippen LogP contribution in [0.15, 0.2) is 115 Å². The minimum Gasteiger partial charge on any atom is -0.225 e. The predicted octanol–water partition coefficient (Wildman–Crippen LogP) is 12.1. The van der Waals surface area contributed by atoms with Crippen LogP contribution in [0.1, 0.15) is 83.7 Å². The normalized spacial score (nSPS) is 12.6. The first-order valence-electron chi connectivity index (χ1n) is 20.5. The third kappa shape index (κ3) is 6.49. The second kappa shape index (κ2) is 14.3. The van der Waals surface area contributed by atoms with Crippen LogP contribution in [0.2, 0.25) is 0 Å². The van der Waals surface area contributed by atoms with Gasteiger partial charge in [-0.15, -0.1) is 0 Å². The summed E-state index contributed by atoms with van der Waals surface area (Å²) in [6, 6.07) is 43.3. The Morgan fingerprint density at radius 3 is 1.84 bits per heavy atom. The molecule has 288 valence electrons. The van der Waals surface area contributed by atoms with Crippen LogP contribution >= 0.6 is 0 Å². The Bertz CT molecular complexity index is 2810. The second-order valence-electron chi connectivity index (χ2n) is 17.7. The molecule has 2 heterocycles. The third-order valence-corrected chi connectivity index (χ3v) is 12.4. The van der Waals surface area contributed by atoms with Gasteiger partial charge in [-0.3, -0.25) is 0 Å². The minimum absolute atomic E-state index is 0.0908. The summed E-state index contributed by atoms with van der Waals surface area (Å²) >= 11 is 0. The smallest absolute Gasteiger partial charge is 0.225 e. The lowest BCUT2D eigenvalue weighted by atomic mass is 9.85. The van der Waals surface area contributed by atoms with Crippen LogP contribution < -0.4 is 9.13 Å². The molecule has 2 aromatic heterocycles. The van der Waals surface area contributed by atoms with Gasteiger partial charge < -0.3 is 0 Å². The van der Waals surface area contributed by atoms with Gasteiger partial charge in [-0.2, -0.15) is 9.13 Å². The van der Waals surface area contributed by atoms with Crippen molar-refractivity contribution in [3.8, 4) is 34.2 Å². The van der Waals surface area contributed by atoms with Gasteiger partial charge in [0.1, 0.15) is 11.4 Å². The van der Waals surface area contributed by atoms with Crippen molar-refractivity contribution in [2.75, 3.05) is 0 Å². The highest BCUT2D eigenvalue weighted by Gasteiger charge is 2.31. The zero-order chi connectivity index (χ0) is 40.5. The van der Waals surface area contributed by atoms with E-state index in [0.717, 1.165) is 6.42 Å². The monoisotopic (exact) mass is 750 g/mol. The highest BCUT2D eigenvalue weighted by molar-refractivity contribution is 5.81. The molecular weight excluding hydrogens is 693 g/mol. The fourth-order valence-electron chi connectivity index (χ4n) is 9.32. The molecule has 4 heteroatoms. The molecule has 0 radical (unpaired) electrons. The van der Waals surface area contributed by atoms with E-state index in [1.807, 2.05) is 0 Å². The number of rotatable bonds is 7. The predicted molar refractivity (Wildman–Crippen MR) is 239 cm³/mol. The topological polar surface area (TPSA) is 17.6 Å². The van der Waals surface area contributed by atoms with Gasteiger partial charge in [-0.05, 0) is 146 Å². The summed E-state index contributed by atoms with van der Waals surface area (Å²) in [7, 11) is 4.45. The van der Waals surface area contributed by atoms with E-state index < -0.39 is 0 Å².